The van der Waals surface area contributed by atoms with Gasteiger partial charge in [0.2, 0.25) is 0 Å². The molecule has 1 saturated carbocycles. The molecule has 3 aromatic carbocycles. The normalized spacial score (nSPS) is 14.6. The lowest BCUT2D eigenvalue weighted by atomic mass is 9.94. The van der Waals surface area contributed by atoms with Gasteiger partial charge in [-0.25, -0.2) is 9.48 Å². The van der Waals surface area contributed by atoms with E-state index >= 15 is 0 Å². The summed E-state index contributed by atoms with van der Waals surface area (Å²) in [6, 6.07) is 25.0. The van der Waals surface area contributed by atoms with Gasteiger partial charge in [0.05, 0.1) is 16.8 Å². The highest BCUT2D eigenvalue weighted by molar-refractivity contribution is 5.85. The van der Waals surface area contributed by atoms with E-state index in [1.807, 2.05) is 92.7 Å². The van der Waals surface area contributed by atoms with Crippen LogP contribution in [0.2, 0.25) is 0 Å². The molecule has 1 aliphatic carbocycles. The third kappa shape index (κ3) is 4.45. The molecule has 1 heterocycles. The Morgan fingerprint density at radius 3 is 2.17 bits per heavy atom. The minimum atomic E-state index is -0.754. The predicted octanol–water partition coefficient (Wildman–Crippen LogP) is 5.67. The van der Waals surface area contributed by atoms with Crippen molar-refractivity contribution < 1.29 is 19.4 Å². The van der Waals surface area contributed by atoms with E-state index in [-0.39, 0.29) is 0 Å². The van der Waals surface area contributed by atoms with E-state index < -0.39 is 23.6 Å². The van der Waals surface area contributed by atoms with Gasteiger partial charge in [0.15, 0.2) is 5.82 Å². The molecular formula is C28H26N4O4. The number of carbonyl (C=O) groups excluding carboxylic acids is 1. The van der Waals surface area contributed by atoms with Crippen molar-refractivity contribution in [2.24, 2.45) is 0 Å². The van der Waals surface area contributed by atoms with Gasteiger partial charge in [-0.3, -0.25) is 10.1 Å². The van der Waals surface area contributed by atoms with Crippen molar-refractivity contribution in [1.82, 2.24) is 15.0 Å². The standard InChI is InChI=1S/C28H26N4O4/c1-18-25(29-27(35)36-19(2)20-6-4-3-5-7-20)30-31-32(18)24-14-10-22(11-15-24)21-8-12-23(13-9-21)28(16-17-28)26(33)34/h3-15,19H,16-17H2,1-2H3,(H,29,35)(H,33,34). The predicted molar refractivity (Wildman–Crippen MR) is 135 cm³/mol. The van der Waals surface area contributed by atoms with Gasteiger partial charge in [0, 0.05) is 0 Å². The molecule has 4 aromatic rings. The number of nitrogens with zero attached hydrogens (tertiary/aromatic N) is 3. The maximum Gasteiger partial charge on any atom is 0.413 e. The zero-order valence-electron chi connectivity index (χ0n) is 20.0. The first-order chi connectivity index (χ1) is 17.4. The second kappa shape index (κ2) is 9.30. The van der Waals surface area contributed by atoms with Crippen molar-refractivity contribution in [3.8, 4) is 16.8 Å². The van der Waals surface area contributed by atoms with E-state index in [2.05, 4.69) is 15.6 Å². The number of benzene rings is 3. The van der Waals surface area contributed by atoms with Gasteiger partial charge in [-0.15, -0.1) is 5.10 Å². The molecular weight excluding hydrogens is 456 g/mol. The first kappa shape index (κ1) is 23.3. The van der Waals surface area contributed by atoms with E-state index in [0.717, 1.165) is 27.9 Å². The molecule has 1 fully saturated rings. The number of anilines is 1. The molecule has 0 radical (unpaired) electrons. The van der Waals surface area contributed by atoms with Gasteiger partial charge in [-0.2, -0.15) is 0 Å². The van der Waals surface area contributed by atoms with E-state index in [1.165, 1.54) is 0 Å². The molecule has 5 rings (SSSR count). The van der Waals surface area contributed by atoms with Crippen molar-refractivity contribution in [1.29, 1.82) is 0 Å². The molecule has 1 atom stereocenters. The number of carbonyl (C=O) groups is 2. The Morgan fingerprint density at radius 1 is 0.972 bits per heavy atom. The second-order valence-corrected chi connectivity index (χ2v) is 9.03. The quantitative estimate of drug-likeness (QED) is 0.352. The van der Waals surface area contributed by atoms with Gasteiger partial charge >= 0.3 is 12.1 Å². The molecule has 0 aliphatic heterocycles. The van der Waals surface area contributed by atoms with Gasteiger partial charge in [-0.05, 0) is 61.1 Å². The number of nitrogens with one attached hydrogen (secondary N) is 1. The molecule has 36 heavy (non-hydrogen) atoms. The number of hydrogen-bond donors (Lipinski definition) is 2. The van der Waals surface area contributed by atoms with Crippen LogP contribution in [0.1, 0.15) is 42.7 Å². The average molecular weight is 483 g/mol. The number of rotatable bonds is 7. The highest BCUT2D eigenvalue weighted by Gasteiger charge is 2.51. The monoisotopic (exact) mass is 482 g/mol. The molecule has 1 aromatic heterocycles. The summed E-state index contributed by atoms with van der Waals surface area (Å²) in [5.41, 5.74) is 4.51. The Hall–Kier alpha value is -4.46. The SMILES string of the molecule is Cc1c(NC(=O)OC(C)c2ccccc2)nnn1-c1ccc(-c2ccc(C3(C(=O)O)CC3)cc2)cc1. The van der Waals surface area contributed by atoms with Crippen LogP contribution in [0.3, 0.4) is 0 Å². The average Bonchev–Trinajstić information content (AvgIpc) is 3.64. The molecule has 8 nitrogen and oxygen atoms in total. The number of amides is 1. The van der Waals surface area contributed by atoms with Gasteiger partial charge < -0.3 is 9.84 Å². The van der Waals surface area contributed by atoms with E-state index in [9.17, 15) is 14.7 Å². The topological polar surface area (TPSA) is 106 Å². The van der Waals surface area contributed by atoms with Gasteiger partial charge in [0.1, 0.15) is 6.10 Å². The molecule has 0 saturated heterocycles. The van der Waals surface area contributed by atoms with E-state index in [4.69, 9.17) is 4.74 Å². The molecule has 0 spiro atoms. The Morgan fingerprint density at radius 2 is 1.58 bits per heavy atom. The summed E-state index contributed by atoms with van der Waals surface area (Å²) >= 11 is 0. The minimum Gasteiger partial charge on any atom is -0.481 e. The summed E-state index contributed by atoms with van der Waals surface area (Å²) in [5.74, 6) is -0.428. The lowest BCUT2D eigenvalue weighted by molar-refractivity contribution is -0.140. The molecule has 8 heteroatoms. The Kier molecular flexibility index (Phi) is 6.01. The fraction of sp³-hybridized carbons (Fsp3) is 0.214. The van der Waals surface area contributed by atoms with Gasteiger partial charge in [-0.1, -0.05) is 71.9 Å². The smallest absolute Gasteiger partial charge is 0.413 e. The molecule has 182 valence electrons. The Balaban J connectivity index is 1.26. The van der Waals surface area contributed by atoms with E-state index in [0.29, 0.717) is 24.4 Å². The fourth-order valence-electron chi connectivity index (χ4n) is 4.30. The van der Waals surface area contributed by atoms with Crippen molar-refractivity contribution >= 4 is 17.9 Å². The van der Waals surface area contributed by atoms with Crippen LogP contribution in [-0.2, 0) is 14.9 Å². The number of ether oxygens (including phenoxy) is 1. The van der Waals surface area contributed by atoms with Crippen LogP contribution in [-0.4, -0.2) is 32.2 Å². The summed E-state index contributed by atoms with van der Waals surface area (Å²) in [6.45, 7) is 3.63. The number of carboxylic acids is 1. The van der Waals surface area contributed by atoms with Crippen LogP contribution in [0.5, 0.6) is 0 Å². The second-order valence-electron chi connectivity index (χ2n) is 9.03. The van der Waals surface area contributed by atoms with E-state index in [1.54, 1.807) is 4.68 Å². The van der Waals surface area contributed by atoms with Crippen molar-refractivity contribution in [3.05, 3.63) is 95.7 Å². The third-order valence-electron chi connectivity index (χ3n) is 6.71. The van der Waals surface area contributed by atoms with Crippen LogP contribution < -0.4 is 5.32 Å². The molecule has 1 amide bonds. The summed E-state index contributed by atoms with van der Waals surface area (Å²) in [7, 11) is 0. The number of carboxylic acid groups (broad SMARTS) is 1. The third-order valence-corrected chi connectivity index (χ3v) is 6.71. The lowest BCUT2D eigenvalue weighted by Gasteiger charge is -2.13. The number of aliphatic carboxylic acids is 1. The van der Waals surface area contributed by atoms with Crippen LogP contribution in [0.15, 0.2) is 78.9 Å². The molecule has 2 N–H and O–H groups in total. The molecule has 1 unspecified atom stereocenters. The summed E-state index contributed by atoms with van der Waals surface area (Å²) in [4.78, 5) is 23.9. The Labute approximate surface area is 208 Å². The number of hydrogen-bond acceptors (Lipinski definition) is 5. The largest absolute Gasteiger partial charge is 0.481 e. The Bertz CT molecular complexity index is 1390. The summed E-state index contributed by atoms with van der Waals surface area (Å²) in [6.07, 6.45) is 0.376. The van der Waals surface area contributed by atoms with Crippen LogP contribution in [0.25, 0.3) is 16.8 Å². The van der Waals surface area contributed by atoms with Crippen molar-refractivity contribution in [2.75, 3.05) is 5.32 Å². The highest BCUT2D eigenvalue weighted by atomic mass is 16.6. The summed E-state index contributed by atoms with van der Waals surface area (Å²) < 4.78 is 7.11. The first-order valence-electron chi connectivity index (χ1n) is 11.8. The van der Waals surface area contributed by atoms with Gasteiger partial charge in [0.25, 0.3) is 0 Å². The maximum absolute atomic E-state index is 12.4. The molecule has 1 aliphatic rings. The fourth-order valence-corrected chi connectivity index (χ4v) is 4.30. The zero-order valence-corrected chi connectivity index (χ0v) is 20.0. The van der Waals surface area contributed by atoms with Crippen molar-refractivity contribution in [3.63, 3.8) is 0 Å². The van der Waals surface area contributed by atoms with Crippen LogP contribution in [0.4, 0.5) is 10.6 Å². The minimum absolute atomic E-state index is 0.326. The molecule has 0 bridgehead atoms. The van der Waals surface area contributed by atoms with Crippen LogP contribution in [0, 0.1) is 6.92 Å². The van der Waals surface area contributed by atoms with Crippen molar-refractivity contribution in [2.45, 2.75) is 38.2 Å². The van der Waals surface area contributed by atoms with Crippen LogP contribution >= 0.6 is 0 Å². The highest BCUT2D eigenvalue weighted by Crippen LogP contribution is 2.48. The maximum atomic E-state index is 12.4. The first-order valence-corrected chi connectivity index (χ1v) is 11.8. The zero-order chi connectivity index (χ0) is 25.3. The number of aromatic nitrogens is 3. The summed E-state index contributed by atoms with van der Waals surface area (Å²) in [5, 5.41) is 20.4. The lowest BCUT2D eigenvalue weighted by Crippen LogP contribution is -2.19.